The highest BCUT2D eigenvalue weighted by Crippen LogP contribution is 2.27. The van der Waals surface area contributed by atoms with E-state index in [2.05, 4.69) is 29.9 Å². The first-order valence-electron chi connectivity index (χ1n) is 5.50. The fraction of sp³-hybridized carbons (Fsp3) is 0. The van der Waals surface area contributed by atoms with E-state index in [9.17, 15) is 0 Å². The largest absolute Gasteiger partial charge is 0.346 e. The lowest BCUT2D eigenvalue weighted by Gasteiger charge is -2.02. The van der Waals surface area contributed by atoms with Crippen molar-refractivity contribution in [1.82, 2.24) is 29.9 Å². The number of nitrogens with one attached hydrogen (secondary N) is 2. The zero-order valence-corrected chi connectivity index (χ0v) is 9.25. The quantitative estimate of drug-likeness (QED) is 0.528. The average Bonchev–Trinajstić information content (AvgIpc) is 3.06. The highest BCUT2D eigenvalue weighted by Gasteiger charge is 2.12. The van der Waals surface area contributed by atoms with Crippen molar-refractivity contribution in [3.8, 4) is 11.4 Å². The van der Waals surface area contributed by atoms with Crippen LogP contribution in [0.4, 0.5) is 0 Å². The van der Waals surface area contributed by atoms with Crippen LogP contribution in [0.15, 0.2) is 37.2 Å². The highest BCUT2D eigenvalue weighted by molar-refractivity contribution is 5.98. The molecule has 6 nitrogen and oxygen atoms in total. The van der Waals surface area contributed by atoms with Gasteiger partial charge in [0.05, 0.1) is 0 Å². The van der Waals surface area contributed by atoms with Gasteiger partial charge in [0.25, 0.3) is 0 Å². The Balaban J connectivity index is 2.13. The van der Waals surface area contributed by atoms with E-state index in [0.717, 1.165) is 33.5 Å². The highest BCUT2D eigenvalue weighted by atomic mass is 15.0. The summed E-state index contributed by atoms with van der Waals surface area (Å²) in [6.45, 7) is 0. The van der Waals surface area contributed by atoms with Crippen LogP contribution in [0.3, 0.4) is 0 Å². The van der Waals surface area contributed by atoms with Crippen molar-refractivity contribution in [1.29, 1.82) is 0 Å². The third-order valence-electron chi connectivity index (χ3n) is 2.93. The van der Waals surface area contributed by atoms with Crippen LogP contribution in [-0.2, 0) is 0 Å². The Hall–Kier alpha value is -2.76. The van der Waals surface area contributed by atoms with Gasteiger partial charge < -0.3 is 9.97 Å². The van der Waals surface area contributed by atoms with Gasteiger partial charge in [-0.05, 0) is 12.1 Å². The summed E-state index contributed by atoms with van der Waals surface area (Å²) in [5.74, 6) is 0. The summed E-state index contributed by atoms with van der Waals surface area (Å²) in [6, 6.07) is 3.90. The second-order valence-corrected chi connectivity index (χ2v) is 3.92. The molecule has 0 bridgehead atoms. The molecule has 86 valence electrons. The number of hydrogen-bond donors (Lipinski definition) is 2. The van der Waals surface area contributed by atoms with Gasteiger partial charge in [-0.15, -0.1) is 0 Å². The Morgan fingerprint density at radius 2 is 1.17 bits per heavy atom. The van der Waals surface area contributed by atoms with Gasteiger partial charge in [-0.25, -0.2) is 19.9 Å². The molecular formula is C12H8N6. The predicted octanol–water partition coefficient (Wildman–Crippen LogP) is 1.90. The maximum atomic E-state index is 4.34. The number of aromatic amines is 2. The second-order valence-electron chi connectivity index (χ2n) is 3.92. The van der Waals surface area contributed by atoms with E-state index in [1.807, 2.05) is 24.5 Å². The molecule has 0 aliphatic rings. The van der Waals surface area contributed by atoms with Crippen molar-refractivity contribution in [2.45, 2.75) is 0 Å². The molecule has 0 aromatic carbocycles. The molecule has 0 saturated carbocycles. The van der Waals surface area contributed by atoms with Crippen molar-refractivity contribution in [3.63, 3.8) is 0 Å². The standard InChI is InChI=1S/C12H8N6/c1-3-13-11-7(1)9(15-5-17-11)10-8-2-4-14-12(8)18-6-16-10/h1-6H,(H,13,15,17)(H,14,16,18). The molecule has 0 fully saturated rings. The lowest BCUT2D eigenvalue weighted by molar-refractivity contribution is 1.16. The third-order valence-corrected chi connectivity index (χ3v) is 2.93. The first kappa shape index (κ1) is 9.29. The van der Waals surface area contributed by atoms with Crippen LogP contribution < -0.4 is 0 Å². The van der Waals surface area contributed by atoms with Crippen LogP contribution in [0.5, 0.6) is 0 Å². The van der Waals surface area contributed by atoms with E-state index in [0.29, 0.717) is 0 Å². The molecule has 4 aromatic rings. The van der Waals surface area contributed by atoms with E-state index in [1.54, 1.807) is 0 Å². The van der Waals surface area contributed by atoms with Crippen LogP contribution >= 0.6 is 0 Å². The average molecular weight is 236 g/mol. The van der Waals surface area contributed by atoms with Gasteiger partial charge in [-0.3, -0.25) is 0 Å². The molecule has 18 heavy (non-hydrogen) atoms. The number of H-pyrrole nitrogens is 2. The number of rotatable bonds is 1. The summed E-state index contributed by atoms with van der Waals surface area (Å²) in [7, 11) is 0. The van der Waals surface area contributed by atoms with Gasteiger partial charge in [0.2, 0.25) is 0 Å². The van der Waals surface area contributed by atoms with E-state index in [4.69, 9.17) is 0 Å². The number of hydrogen-bond acceptors (Lipinski definition) is 4. The smallest absolute Gasteiger partial charge is 0.141 e. The van der Waals surface area contributed by atoms with E-state index in [1.165, 1.54) is 12.7 Å². The van der Waals surface area contributed by atoms with Gasteiger partial charge in [-0.2, -0.15) is 0 Å². The van der Waals surface area contributed by atoms with Crippen molar-refractivity contribution in [3.05, 3.63) is 37.2 Å². The van der Waals surface area contributed by atoms with Crippen molar-refractivity contribution in [2.24, 2.45) is 0 Å². The van der Waals surface area contributed by atoms with Crippen LogP contribution in [0.25, 0.3) is 33.5 Å². The maximum absolute atomic E-state index is 4.34. The fourth-order valence-corrected chi connectivity index (χ4v) is 2.12. The molecule has 0 unspecified atom stereocenters. The van der Waals surface area contributed by atoms with Gasteiger partial charge >= 0.3 is 0 Å². The first-order valence-corrected chi connectivity index (χ1v) is 5.50. The molecule has 0 spiro atoms. The lowest BCUT2D eigenvalue weighted by Crippen LogP contribution is -1.92. The Labute approximate surface area is 101 Å². The molecule has 4 aromatic heterocycles. The minimum absolute atomic E-state index is 0.808. The second kappa shape index (κ2) is 3.36. The Bertz CT molecular complexity index is 772. The molecule has 0 aliphatic carbocycles. The van der Waals surface area contributed by atoms with E-state index in [-0.39, 0.29) is 0 Å². The minimum atomic E-state index is 0.808. The zero-order chi connectivity index (χ0) is 11.9. The monoisotopic (exact) mass is 236 g/mol. The number of fused-ring (bicyclic) bond motifs is 2. The normalized spacial score (nSPS) is 11.3. The molecule has 0 atom stereocenters. The minimum Gasteiger partial charge on any atom is -0.346 e. The number of nitrogens with zero attached hydrogens (tertiary/aromatic N) is 4. The van der Waals surface area contributed by atoms with E-state index < -0.39 is 0 Å². The summed E-state index contributed by atoms with van der Waals surface area (Å²) < 4.78 is 0. The summed E-state index contributed by atoms with van der Waals surface area (Å²) in [5.41, 5.74) is 3.24. The van der Waals surface area contributed by atoms with Crippen LogP contribution in [-0.4, -0.2) is 29.9 Å². The number of aromatic nitrogens is 6. The predicted molar refractivity (Wildman–Crippen MR) is 66.8 cm³/mol. The molecule has 0 saturated heterocycles. The molecule has 6 heteroatoms. The van der Waals surface area contributed by atoms with Gasteiger partial charge in [0.1, 0.15) is 35.3 Å². The van der Waals surface area contributed by atoms with Crippen molar-refractivity contribution in [2.75, 3.05) is 0 Å². The first-order chi connectivity index (χ1) is 8.93. The molecule has 4 heterocycles. The zero-order valence-electron chi connectivity index (χ0n) is 9.25. The molecule has 0 amide bonds. The summed E-state index contributed by atoms with van der Waals surface area (Å²) in [5, 5.41) is 1.91. The van der Waals surface area contributed by atoms with Crippen molar-refractivity contribution >= 4 is 22.1 Å². The Morgan fingerprint density at radius 3 is 1.67 bits per heavy atom. The lowest BCUT2D eigenvalue weighted by atomic mass is 10.1. The van der Waals surface area contributed by atoms with E-state index >= 15 is 0 Å². The Kier molecular flexibility index (Phi) is 1.74. The third kappa shape index (κ3) is 1.17. The SMILES string of the molecule is c1nc(-c2ncnc3[nH]ccc23)c2cc[nH]c2n1. The van der Waals surface area contributed by atoms with Crippen molar-refractivity contribution < 1.29 is 0 Å². The van der Waals surface area contributed by atoms with Crippen LogP contribution in [0.1, 0.15) is 0 Å². The summed E-state index contributed by atoms with van der Waals surface area (Å²) in [6.07, 6.45) is 6.76. The molecule has 0 radical (unpaired) electrons. The molecular weight excluding hydrogens is 228 g/mol. The summed E-state index contributed by atoms with van der Waals surface area (Å²) >= 11 is 0. The maximum Gasteiger partial charge on any atom is 0.141 e. The fourth-order valence-electron chi connectivity index (χ4n) is 2.12. The van der Waals surface area contributed by atoms with Gasteiger partial charge in [0.15, 0.2) is 0 Å². The molecule has 4 rings (SSSR count). The molecule has 2 N–H and O–H groups in total. The topological polar surface area (TPSA) is 83.1 Å². The van der Waals surface area contributed by atoms with Gasteiger partial charge in [0, 0.05) is 23.2 Å². The van der Waals surface area contributed by atoms with Crippen LogP contribution in [0.2, 0.25) is 0 Å². The van der Waals surface area contributed by atoms with Gasteiger partial charge in [-0.1, -0.05) is 0 Å². The summed E-state index contributed by atoms with van der Waals surface area (Å²) in [4.78, 5) is 23.2. The van der Waals surface area contributed by atoms with Crippen LogP contribution in [0, 0.1) is 0 Å². The molecule has 0 aliphatic heterocycles. The Morgan fingerprint density at radius 1 is 0.667 bits per heavy atom.